The molecule has 1 aromatic heterocycles. The van der Waals surface area contributed by atoms with Gasteiger partial charge in [-0.25, -0.2) is 0 Å². The minimum Gasteiger partial charge on any atom is -0.481 e. The van der Waals surface area contributed by atoms with Crippen LogP contribution in [0.2, 0.25) is 0 Å². The molecule has 2 bridgehead atoms. The van der Waals surface area contributed by atoms with Gasteiger partial charge in [0.2, 0.25) is 5.91 Å². The molecular weight excluding hydrogens is 288 g/mol. The highest BCUT2D eigenvalue weighted by Gasteiger charge is 2.54. The first kappa shape index (κ1) is 14.6. The van der Waals surface area contributed by atoms with Crippen molar-refractivity contribution in [2.45, 2.75) is 26.2 Å². The molecule has 2 amide bonds. The maximum absolute atomic E-state index is 12.3. The fourth-order valence-corrected chi connectivity index (χ4v) is 3.91. The number of carboxylic acid groups (broad SMARTS) is 1. The van der Waals surface area contributed by atoms with Crippen molar-refractivity contribution in [1.29, 1.82) is 0 Å². The number of nitrogens with one attached hydrogen (secondary N) is 2. The van der Waals surface area contributed by atoms with Crippen molar-refractivity contribution in [2.75, 3.05) is 0 Å². The molecule has 3 rings (SSSR count). The molecule has 118 valence electrons. The number of hydrogen-bond donors (Lipinski definition) is 3. The van der Waals surface area contributed by atoms with Gasteiger partial charge in [-0.2, -0.15) is 0 Å². The summed E-state index contributed by atoms with van der Waals surface area (Å²) in [6.07, 6.45) is 3.92. The number of furan rings is 1. The molecule has 2 saturated carbocycles. The van der Waals surface area contributed by atoms with Crippen molar-refractivity contribution in [3.63, 3.8) is 0 Å². The van der Waals surface area contributed by atoms with Crippen LogP contribution in [-0.2, 0) is 9.59 Å². The van der Waals surface area contributed by atoms with Gasteiger partial charge in [-0.05, 0) is 44.1 Å². The summed E-state index contributed by atoms with van der Waals surface area (Å²) in [6.45, 7) is 1.65. The number of carbonyl (C=O) groups excluding carboxylic acids is 2. The molecular formula is C15H18N2O5. The van der Waals surface area contributed by atoms with Gasteiger partial charge in [0.15, 0.2) is 0 Å². The van der Waals surface area contributed by atoms with Crippen molar-refractivity contribution in [3.8, 4) is 0 Å². The molecule has 0 aliphatic heterocycles. The van der Waals surface area contributed by atoms with Crippen LogP contribution in [0.5, 0.6) is 0 Å². The van der Waals surface area contributed by atoms with E-state index in [0.717, 1.165) is 19.3 Å². The van der Waals surface area contributed by atoms with Gasteiger partial charge < -0.3 is 9.52 Å². The predicted octanol–water partition coefficient (Wildman–Crippen LogP) is 1.10. The smallest absolute Gasteiger partial charge is 0.307 e. The van der Waals surface area contributed by atoms with Gasteiger partial charge in [0.1, 0.15) is 5.76 Å². The van der Waals surface area contributed by atoms with Gasteiger partial charge in [-0.3, -0.25) is 25.2 Å². The average molecular weight is 306 g/mol. The summed E-state index contributed by atoms with van der Waals surface area (Å²) >= 11 is 0. The monoisotopic (exact) mass is 306 g/mol. The second-order valence-electron chi connectivity index (χ2n) is 6.06. The summed E-state index contributed by atoms with van der Waals surface area (Å²) in [5.74, 6) is -2.42. The van der Waals surface area contributed by atoms with E-state index in [1.165, 1.54) is 12.3 Å². The molecule has 0 unspecified atom stereocenters. The van der Waals surface area contributed by atoms with Crippen LogP contribution >= 0.6 is 0 Å². The van der Waals surface area contributed by atoms with E-state index in [4.69, 9.17) is 4.42 Å². The van der Waals surface area contributed by atoms with E-state index < -0.39 is 29.6 Å². The quantitative estimate of drug-likeness (QED) is 0.724. The van der Waals surface area contributed by atoms with E-state index in [1.54, 1.807) is 6.92 Å². The summed E-state index contributed by atoms with van der Waals surface area (Å²) < 4.78 is 5.03. The summed E-state index contributed by atoms with van der Waals surface area (Å²) in [5, 5.41) is 9.34. The fraction of sp³-hybridized carbons (Fsp3) is 0.533. The van der Waals surface area contributed by atoms with Gasteiger partial charge in [0.05, 0.1) is 23.7 Å². The zero-order chi connectivity index (χ0) is 15.9. The third-order valence-electron chi connectivity index (χ3n) is 4.91. The Kier molecular flexibility index (Phi) is 3.64. The topological polar surface area (TPSA) is 109 Å². The highest BCUT2D eigenvalue weighted by molar-refractivity contribution is 5.96. The van der Waals surface area contributed by atoms with Gasteiger partial charge in [-0.15, -0.1) is 0 Å². The van der Waals surface area contributed by atoms with Crippen molar-refractivity contribution in [2.24, 2.45) is 23.7 Å². The Hall–Kier alpha value is -2.31. The van der Waals surface area contributed by atoms with E-state index in [1.807, 2.05) is 0 Å². The average Bonchev–Trinajstić information content (AvgIpc) is 3.18. The zero-order valence-electron chi connectivity index (χ0n) is 12.2. The third kappa shape index (κ3) is 2.36. The van der Waals surface area contributed by atoms with Crippen molar-refractivity contribution in [3.05, 3.63) is 23.7 Å². The number of rotatable bonds is 3. The number of hydrogen-bond acceptors (Lipinski definition) is 4. The van der Waals surface area contributed by atoms with Crippen LogP contribution in [0.1, 0.15) is 35.4 Å². The normalized spacial score (nSPS) is 29.3. The van der Waals surface area contributed by atoms with Gasteiger partial charge in [0.25, 0.3) is 5.91 Å². The maximum Gasteiger partial charge on any atom is 0.307 e. The Morgan fingerprint density at radius 2 is 1.86 bits per heavy atom. The Morgan fingerprint density at radius 3 is 2.45 bits per heavy atom. The number of amides is 2. The molecule has 7 heteroatoms. The van der Waals surface area contributed by atoms with Crippen molar-refractivity contribution in [1.82, 2.24) is 10.9 Å². The predicted molar refractivity (Wildman–Crippen MR) is 74.5 cm³/mol. The molecule has 3 N–H and O–H groups in total. The number of carbonyl (C=O) groups is 3. The van der Waals surface area contributed by atoms with Gasteiger partial charge in [-0.1, -0.05) is 0 Å². The lowest BCUT2D eigenvalue weighted by Gasteiger charge is -2.26. The molecule has 4 atom stereocenters. The zero-order valence-corrected chi connectivity index (χ0v) is 12.2. The SMILES string of the molecule is Cc1occc1C(=O)NNC(=O)[C@H]1[C@@H]2CC[C@@H](C2)[C@@H]1C(=O)O. The number of aryl methyl sites for hydroxylation is 1. The maximum atomic E-state index is 12.3. The fourth-order valence-electron chi connectivity index (χ4n) is 3.91. The van der Waals surface area contributed by atoms with Crippen LogP contribution in [0.25, 0.3) is 0 Å². The minimum absolute atomic E-state index is 0.0741. The summed E-state index contributed by atoms with van der Waals surface area (Å²) in [6, 6.07) is 1.51. The highest BCUT2D eigenvalue weighted by atomic mass is 16.4. The van der Waals surface area contributed by atoms with Gasteiger partial charge >= 0.3 is 5.97 Å². The van der Waals surface area contributed by atoms with E-state index in [9.17, 15) is 19.5 Å². The molecule has 7 nitrogen and oxygen atoms in total. The van der Waals surface area contributed by atoms with Crippen LogP contribution in [0.4, 0.5) is 0 Å². The Balaban J connectivity index is 1.63. The van der Waals surface area contributed by atoms with E-state index in [-0.39, 0.29) is 11.8 Å². The Morgan fingerprint density at radius 1 is 1.18 bits per heavy atom. The van der Waals surface area contributed by atoms with Crippen LogP contribution in [-0.4, -0.2) is 22.9 Å². The minimum atomic E-state index is -0.927. The third-order valence-corrected chi connectivity index (χ3v) is 4.91. The lowest BCUT2D eigenvalue weighted by Crippen LogP contribution is -2.48. The molecule has 0 radical (unpaired) electrons. The number of carboxylic acids is 1. The molecule has 1 aromatic rings. The van der Waals surface area contributed by atoms with Crippen LogP contribution < -0.4 is 10.9 Å². The Labute approximate surface area is 127 Å². The molecule has 0 saturated heterocycles. The van der Waals surface area contributed by atoms with Crippen LogP contribution in [0.15, 0.2) is 16.7 Å². The van der Waals surface area contributed by atoms with Crippen molar-refractivity contribution < 1.29 is 23.9 Å². The first-order valence-electron chi connectivity index (χ1n) is 7.36. The second kappa shape index (κ2) is 5.47. The molecule has 2 fully saturated rings. The lowest BCUT2D eigenvalue weighted by atomic mass is 9.79. The number of fused-ring (bicyclic) bond motifs is 2. The molecule has 2 aliphatic rings. The summed E-state index contributed by atoms with van der Waals surface area (Å²) in [7, 11) is 0. The Bertz CT molecular complexity index is 623. The first-order chi connectivity index (χ1) is 10.5. The largest absolute Gasteiger partial charge is 0.481 e. The molecule has 2 aliphatic carbocycles. The van der Waals surface area contributed by atoms with E-state index in [0.29, 0.717) is 11.3 Å². The molecule has 0 aromatic carbocycles. The summed E-state index contributed by atoms with van der Waals surface area (Å²) in [4.78, 5) is 35.6. The standard InChI is InChI=1S/C15H18N2O5/c1-7-10(4-5-22-7)13(18)16-17-14(19)11-8-2-3-9(6-8)12(11)15(20)21/h4-5,8-9,11-12H,2-3,6H2,1H3,(H,16,18)(H,17,19)(H,20,21)/t8-,9+,11+,12+/m1/s1. The van der Waals surface area contributed by atoms with Gasteiger partial charge in [0, 0.05) is 0 Å². The van der Waals surface area contributed by atoms with E-state index in [2.05, 4.69) is 10.9 Å². The first-order valence-corrected chi connectivity index (χ1v) is 7.36. The molecule has 1 heterocycles. The highest BCUT2D eigenvalue weighted by Crippen LogP contribution is 2.52. The van der Waals surface area contributed by atoms with Crippen LogP contribution in [0.3, 0.4) is 0 Å². The molecule has 0 spiro atoms. The number of aliphatic carboxylic acids is 1. The second-order valence-corrected chi connectivity index (χ2v) is 6.06. The number of hydrazine groups is 1. The summed E-state index contributed by atoms with van der Waals surface area (Å²) in [5.41, 5.74) is 5.03. The lowest BCUT2D eigenvalue weighted by molar-refractivity contribution is -0.149. The van der Waals surface area contributed by atoms with Crippen molar-refractivity contribution >= 4 is 17.8 Å². The van der Waals surface area contributed by atoms with E-state index >= 15 is 0 Å². The molecule has 22 heavy (non-hydrogen) atoms. The van der Waals surface area contributed by atoms with Crippen LogP contribution in [0, 0.1) is 30.6 Å².